The second-order valence-corrected chi connectivity index (χ2v) is 5.99. The molecule has 6 heteroatoms. The highest BCUT2D eigenvalue weighted by Gasteiger charge is 2.05. The number of nitrogens with one attached hydrogen (secondary N) is 2. The lowest BCUT2D eigenvalue weighted by Gasteiger charge is -2.10. The van der Waals surface area contributed by atoms with E-state index in [-0.39, 0.29) is 5.78 Å². The quantitative estimate of drug-likeness (QED) is 0.612. The zero-order valence-corrected chi connectivity index (χ0v) is 14.5. The smallest absolute Gasteiger partial charge is 0.229 e. The molecular formula is C18H15BrN4O. The average Bonchev–Trinajstić information content (AvgIpc) is 2.57. The Kier molecular flexibility index (Phi) is 4.86. The molecule has 3 aromatic rings. The maximum Gasteiger partial charge on any atom is 0.229 e. The van der Waals surface area contributed by atoms with Gasteiger partial charge in [-0.15, -0.1) is 0 Å². The van der Waals surface area contributed by atoms with E-state index >= 15 is 0 Å². The summed E-state index contributed by atoms with van der Waals surface area (Å²) in [5.41, 5.74) is 2.32. The van der Waals surface area contributed by atoms with Gasteiger partial charge in [0.15, 0.2) is 5.78 Å². The molecule has 0 radical (unpaired) electrons. The normalized spacial score (nSPS) is 10.2. The lowest BCUT2D eigenvalue weighted by molar-refractivity contribution is 0.101. The molecule has 1 aromatic heterocycles. The van der Waals surface area contributed by atoms with Crippen LogP contribution in [0.3, 0.4) is 0 Å². The number of hydrogen-bond donors (Lipinski definition) is 2. The summed E-state index contributed by atoms with van der Waals surface area (Å²) < 4.78 is 0.951. The third-order valence-corrected chi connectivity index (χ3v) is 4.01. The summed E-state index contributed by atoms with van der Waals surface area (Å²) in [5.74, 6) is 1.14. The number of carbonyl (C=O) groups is 1. The number of rotatable bonds is 5. The molecule has 0 aliphatic carbocycles. The number of halogens is 1. The van der Waals surface area contributed by atoms with E-state index in [0.29, 0.717) is 17.3 Å². The van der Waals surface area contributed by atoms with Crippen LogP contribution in [0.15, 0.2) is 65.3 Å². The van der Waals surface area contributed by atoms with Crippen LogP contribution in [-0.2, 0) is 0 Å². The number of aromatic nitrogens is 2. The van der Waals surface area contributed by atoms with E-state index in [2.05, 4.69) is 36.5 Å². The van der Waals surface area contributed by atoms with Crippen molar-refractivity contribution in [3.63, 3.8) is 0 Å². The molecule has 5 nitrogen and oxygen atoms in total. The van der Waals surface area contributed by atoms with E-state index in [0.717, 1.165) is 15.8 Å². The van der Waals surface area contributed by atoms with Gasteiger partial charge in [0.05, 0.1) is 5.69 Å². The van der Waals surface area contributed by atoms with Crippen molar-refractivity contribution in [3.05, 3.63) is 70.8 Å². The predicted octanol–water partition coefficient (Wildman–Crippen LogP) is 4.93. The molecular weight excluding hydrogens is 368 g/mol. The van der Waals surface area contributed by atoms with Crippen molar-refractivity contribution in [2.45, 2.75) is 6.92 Å². The largest absolute Gasteiger partial charge is 0.339 e. The summed E-state index contributed by atoms with van der Waals surface area (Å²) in [4.78, 5) is 20.1. The van der Waals surface area contributed by atoms with Crippen LogP contribution in [0.5, 0.6) is 0 Å². The van der Waals surface area contributed by atoms with Crippen LogP contribution in [-0.4, -0.2) is 15.8 Å². The molecule has 24 heavy (non-hydrogen) atoms. The number of para-hydroxylation sites is 1. The van der Waals surface area contributed by atoms with Crippen molar-refractivity contribution in [2.24, 2.45) is 0 Å². The highest BCUT2D eigenvalue weighted by molar-refractivity contribution is 9.10. The SMILES string of the molecule is CC(=O)c1cccc(Nc2nccc(Nc3ccccc3Br)n2)c1. The number of benzene rings is 2. The average molecular weight is 383 g/mol. The molecule has 0 bridgehead atoms. The zero-order valence-electron chi connectivity index (χ0n) is 13.0. The third-order valence-electron chi connectivity index (χ3n) is 3.32. The Morgan fingerprint density at radius 2 is 1.88 bits per heavy atom. The minimum Gasteiger partial charge on any atom is -0.339 e. The van der Waals surface area contributed by atoms with Crippen LogP contribution in [0.1, 0.15) is 17.3 Å². The van der Waals surface area contributed by atoms with Gasteiger partial charge in [-0.3, -0.25) is 4.79 Å². The molecule has 0 amide bonds. The third kappa shape index (κ3) is 3.97. The van der Waals surface area contributed by atoms with Gasteiger partial charge in [0.25, 0.3) is 0 Å². The van der Waals surface area contributed by atoms with E-state index in [1.807, 2.05) is 36.4 Å². The number of carbonyl (C=O) groups excluding carboxylic acids is 1. The lowest BCUT2D eigenvalue weighted by Crippen LogP contribution is -2.01. The summed E-state index contributed by atoms with van der Waals surface area (Å²) in [5, 5.41) is 6.35. The zero-order chi connectivity index (χ0) is 16.9. The molecule has 0 fully saturated rings. The number of ketones is 1. The van der Waals surface area contributed by atoms with Gasteiger partial charge in [-0.2, -0.15) is 4.98 Å². The molecule has 0 spiro atoms. The first kappa shape index (κ1) is 16.1. The first-order chi connectivity index (χ1) is 11.6. The van der Waals surface area contributed by atoms with E-state index in [9.17, 15) is 4.79 Å². The van der Waals surface area contributed by atoms with E-state index in [4.69, 9.17) is 0 Å². The van der Waals surface area contributed by atoms with Crippen molar-refractivity contribution < 1.29 is 4.79 Å². The Hall–Kier alpha value is -2.73. The van der Waals surface area contributed by atoms with Crippen LogP contribution in [0.25, 0.3) is 0 Å². The molecule has 0 aliphatic rings. The first-order valence-electron chi connectivity index (χ1n) is 7.34. The molecule has 3 rings (SSSR count). The molecule has 2 N–H and O–H groups in total. The van der Waals surface area contributed by atoms with E-state index < -0.39 is 0 Å². The van der Waals surface area contributed by atoms with Crippen molar-refractivity contribution in [1.82, 2.24) is 9.97 Å². The van der Waals surface area contributed by atoms with Crippen molar-refractivity contribution >= 4 is 44.9 Å². The van der Waals surface area contributed by atoms with Gasteiger partial charge in [-0.05, 0) is 53.2 Å². The lowest BCUT2D eigenvalue weighted by atomic mass is 10.1. The molecule has 0 aliphatic heterocycles. The Morgan fingerprint density at radius 1 is 1.04 bits per heavy atom. The molecule has 0 atom stereocenters. The Labute approximate surface area is 148 Å². The highest BCUT2D eigenvalue weighted by Crippen LogP contribution is 2.25. The second-order valence-electron chi connectivity index (χ2n) is 5.13. The van der Waals surface area contributed by atoms with Gasteiger partial charge in [0, 0.05) is 21.9 Å². The van der Waals surface area contributed by atoms with Crippen molar-refractivity contribution in [1.29, 1.82) is 0 Å². The summed E-state index contributed by atoms with van der Waals surface area (Å²) in [7, 11) is 0. The Balaban J connectivity index is 1.79. The summed E-state index contributed by atoms with van der Waals surface area (Å²) >= 11 is 3.49. The van der Waals surface area contributed by atoms with Gasteiger partial charge in [-0.1, -0.05) is 24.3 Å². The molecule has 0 saturated carbocycles. The fraction of sp³-hybridized carbons (Fsp3) is 0.0556. The van der Waals surface area contributed by atoms with Crippen molar-refractivity contribution in [3.8, 4) is 0 Å². The molecule has 0 saturated heterocycles. The highest BCUT2D eigenvalue weighted by atomic mass is 79.9. The van der Waals surface area contributed by atoms with E-state index in [1.54, 1.807) is 24.4 Å². The molecule has 1 heterocycles. The predicted molar refractivity (Wildman–Crippen MR) is 99.2 cm³/mol. The number of Topliss-reactive ketones (excluding diaryl/α,β-unsaturated/α-hetero) is 1. The van der Waals surface area contributed by atoms with Gasteiger partial charge < -0.3 is 10.6 Å². The van der Waals surface area contributed by atoms with Gasteiger partial charge in [0.1, 0.15) is 5.82 Å². The van der Waals surface area contributed by atoms with Crippen molar-refractivity contribution in [2.75, 3.05) is 10.6 Å². The minimum absolute atomic E-state index is 0.0175. The first-order valence-corrected chi connectivity index (χ1v) is 8.14. The maximum absolute atomic E-state index is 11.5. The maximum atomic E-state index is 11.5. The topological polar surface area (TPSA) is 66.9 Å². The van der Waals surface area contributed by atoms with Crippen LogP contribution in [0.2, 0.25) is 0 Å². The fourth-order valence-electron chi connectivity index (χ4n) is 2.13. The minimum atomic E-state index is 0.0175. The van der Waals surface area contributed by atoms with E-state index in [1.165, 1.54) is 6.92 Å². The summed E-state index contributed by atoms with van der Waals surface area (Å²) in [6.07, 6.45) is 1.67. The molecule has 2 aromatic carbocycles. The summed E-state index contributed by atoms with van der Waals surface area (Å²) in [6.45, 7) is 1.54. The Morgan fingerprint density at radius 3 is 2.67 bits per heavy atom. The number of hydrogen-bond acceptors (Lipinski definition) is 5. The number of nitrogens with zero attached hydrogens (tertiary/aromatic N) is 2. The monoisotopic (exact) mass is 382 g/mol. The van der Waals surface area contributed by atoms with Crippen LogP contribution < -0.4 is 10.6 Å². The Bertz CT molecular complexity index is 882. The molecule has 0 unspecified atom stereocenters. The fourth-order valence-corrected chi connectivity index (χ4v) is 2.52. The van der Waals surface area contributed by atoms with Crippen LogP contribution in [0, 0.1) is 0 Å². The van der Waals surface area contributed by atoms with Gasteiger partial charge in [0.2, 0.25) is 5.95 Å². The standard InChI is InChI=1S/C18H15BrN4O/c1-12(24)13-5-4-6-14(11-13)21-18-20-10-9-17(23-18)22-16-8-3-2-7-15(16)19/h2-11H,1H3,(H2,20,21,22,23). The number of anilines is 4. The second kappa shape index (κ2) is 7.23. The van der Waals surface area contributed by atoms with Gasteiger partial charge in [-0.25, -0.2) is 4.98 Å². The summed E-state index contributed by atoms with van der Waals surface area (Å²) in [6, 6.07) is 16.8. The van der Waals surface area contributed by atoms with Crippen LogP contribution in [0.4, 0.5) is 23.1 Å². The molecule has 120 valence electrons. The van der Waals surface area contributed by atoms with Gasteiger partial charge >= 0.3 is 0 Å². The van der Waals surface area contributed by atoms with Crippen LogP contribution >= 0.6 is 15.9 Å².